The van der Waals surface area contributed by atoms with E-state index in [2.05, 4.69) is 5.32 Å². The molecule has 2 saturated heterocycles. The van der Waals surface area contributed by atoms with E-state index >= 15 is 0 Å². The topological polar surface area (TPSA) is 125 Å². The zero-order valence-corrected chi connectivity index (χ0v) is 22.1. The molecule has 2 aromatic rings. The molecule has 0 aliphatic carbocycles. The number of amides is 3. The van der Waals surface area contributed by atoms with Crippen LogP contribution in [0.15, 0.2) is 60.7 Å². The molecule has 0 saturated carbocycles. The Kier molecular flexibility index (Phi) is 8.50. The van der Waals surface area contributed by atoms with Crippen molar-refractivity contribution in [2.45, 2.75) is 43.9 Å². The number of hydrogen-bond donors (Lipinski definition) is 3. The number of nitrogens with two attached hydrogens (primary N) is 1. The highest BCUT2D eigenvalue weighted by Gasteiger charge is 2.55. The van der Waals surface area contributed by atoms with E-state index in [9.17, 15) is 19.5 Å². The molecule has 9 nitrogen and oxygen atoms in total. The molecule has 9 heteroatoms. The Morgan fingerprint density at radius 1 is 1.18 bits per heavy atom. The van der Waals surface area contributed by atoms with Crippen LogP contribution in [0.2, 0.25) is 0 Å². The summed E-state index contributed by atoms with van der Waals surface area (Å²) in [7, 11) is 1.81. The van der Waals surface area contributed by atoms with Gasteiger partial charge >= 0.3 is 0 Å². The lowest BCUT2D eigenvalue weighted by Gasteiger charge is -2.43. The maximum Gasteiger partial charge on any atom is 0.247 e. The number of rotatable bonds is 9. The Morgan fingerprint density at radius 3 is 2.50 bits per heavy atom. The minimum absolute atomic E-state index is 0.0408. The van der Waals surface area contributed by atoms with Crippen molar-refractivity contribution < 1.29 is 24.2 Å². The van der Waals surface area contributed by atoms with Gasteiger partial charge in [-0.1, -0.05) is 60.7 Å². The van der Waals surface area contributed by atoms with Crippen LogP contribution in [-0.4, -0.2) is 84.1 Å². The number of ether oxygens (including phenoxy) is 1. The van der Waals surface area contributed by atoms with Crippen LogP contribution in [0.4, 0.5) is 0 Å². The number of likely N-dealkylation sites (tertiary alicyclic amines) is 2. The lowest BCUT2D eigenvalue weighted by Crippen LogP contribution is -2.62. The van der Waals surface area contributed by atoms with Crippen LogP contribution < -0.4 is 11.1 Å². The molecule has 38 heavy (non-hydrogen) atoms. The number of nitrogens with one attached hydrogen (secondary N) is 1. The molecule has 0 unspecified atom stereocenters. The van der Waals surface area contributed by atoms with Gasteiger partial charge in [0.15, 0.2) is 0 Å². The molecule has 4 atom stereocenters. The molecule has 2 aliphatic heterocycles. The van der Waals surface area contributed by atoms with E-state index in [1.165, 1.54) is 6.92 Å². The zero-order chi connectivity index (χ0) is 27.3. The van der Waals surface area contributed by atoms with E-state index in [-0.39, 0.29) is 37.5 Å². The van der Waals surface area contributed by atoms with Crippen molar-refractivity contribution >= 4 is 17.7 Å². The molecule has 3 amide bonds. The Bertz CT molecular complexity index is 1130. The van der Waals surface area contributed by atoms with E-state index in [0.29, 0.717) is 25.9 Å². The number of aliphatic hydroxyl groups is 1. The second-order valence-electron chi connectivity index (χ2n) is 10.8. The summed E-state index contributed by atoms with van der Waals surface area (Å²) >= 11 is 0. The Hall–Kier alpha value is -3.27. The van der Waals surface area contributed by atoms with Gasteiger partial charge in [-0.3, -0.25) is 14.4 Å². The number of carbonyl (C=O) groups excluding carboxylic acids is 3. The number of piperidine rings is 1. The molecular weight excluding hydrogens is 484 g/mol. The summed E-state index contributed by atoms with van der Waals surface area (Å²) in [6.07, 6.45) is 1.36. The fourth-order valence-corrected chi connectivity index (χ4v) is 5.56. The highest BCUT2D eigenvalue weighted by molar-refractivity contribution is 5.93. The van der Waals surface area contributed by atoms with E-state index in [1.54, 1.807) is 9.80 Å². The summed E-state index contributed by atoms with van der Waals surface area (Å²) in [6, 6.07) is 18.5. The molecule has 2 heterocycles. The van der Waals surface area contributed by atoms with Crippen molar-refractivity contribution in [3.05, 3.63) is 71.8 Å². The van der Waals surface area contributed by atoms with Crippen molar-refractivity contribution in [3.8, 4) is 0 Å². The molecule has 2 aliphatic rings. The lowest BCUT2D eigenvalue weighted by atomic mass is 9.69. The Morgan fingerprint density at radius 2 is 1.84 bits per heavy atom. The maximum atomic E-state index is 13.9. The van der Waals surface area contributed by atoms with Crippen LogP contribution in [0.3, 0.4) is 0 Å². The van der Waals surface area contributed by atoms with Crippen molar-refractivity contribution in [2.24, 2.45) is 11.1 Å². The molecule has 0 aromatic heterocycles. The monoisotopic (exact) mass is 522 g/mol. The predicted octanol–water partition coefficient (Wildman–Crippen LogP) is 1.26. The van der Waals surface area contributed by atoms with E-state index in [0.717, 1.165) is 11.1 Å². The fourth-order valence-electron chi connectivity index (χ4n) is 5.56. The first kappa shape index (κ1) is 27.8. The summed E-state index contributed by atoms with van der Waals surface area (Å²) in [6.45, 7) is 2.36. The third-order valence-electron chi connectivity index (χ3n) is 7.78. The van der Waals surface area contributed by atoms with Gasteiger partial charge in [0.05, 0.1) is 25.2 Å². The molecule has 204 valence electrons. The zero-order valence-electron chi connectivity index (χ0n) is 22.1. The van der Waals surface area contributed by atoms with Gasteiger partial charge in [0, 0.05) is 32.6 Å². The van der Waals surface area contributed by atoms with Gasteiger partial charge < -0.3 is 30.7 Å². The standard InChI is InChI=1S/C29H38N4O5/c1-28(30,20-34)26(36)31-24(18-38-17-21-10-5-3-6-11-21)25(35)33-15-9-14-29(19-33)23(16-32(2)27(29)37)22-12-7-4-8-13-22/h3-8,10-13,23-24,34H,9,14-20,30H2,1-2H3,(H,31,36)/t23-,24+,28-,29-/m0/s1. The van der Waals surface area contributed by atoms with Gasteiger partial charge in [0.1, 0.15) is 11.6 Å². The predicted molar refractivity (Wildman–Crippen MR) is 143 cm³/mol. The first-order valence-corrected chi connectivity index (χ1v) is 13.1. The van der Waals surface area contributed by atoms with Crippen molar-refractivity contribution in [1.29, 1.82) is 0 Å². The van der Waals surface area contributed by atoms with Gasteiger partial charge in [0.2, 0.25) is 17.7 Å². The van der Waals surface area contributed by atoms with Crippen LogP contribution in [0.1, 0.15) is 36.8 Å². The van der Waals surface area contributed by atoms with Crippen molar-refractivity contribution in [3.63, 3.8) is 0 Å². The average Bonchev–Trinajstić information content (AvgIpc) is 3.17. The normalized spacial score (nSPS) is 23.8. The number of benzene rings is 2. The molecule has 0 bridgehead atoms. The fraction of sp³-hybridized carbons (Fsp3) is 0.483. The first-order chi connectivity index (χ1) is 18.2. The summed E-state index contributed by atoms with van der Waals surface area (Å²) in [5, 5.41) is 12.3. The van der Waals surface area contributed by atoms with Gasteiger partial charge in [-0.25, -0.2) is 0 Å². The highest BCUT2D eigenvalue weighted by Crippen LogP contribution is 2.49. The maximum absolute atomic E-state index is 13.9. The summed E-state index contributed by atoms with van der Waals surface area (Å²) < 4.78 is 5.85. The molecule has 2 aromatic carbocycles. The molecule has 0 radical (unpaired) electrons. The van der Waals surface area contributed by atoms with Gasteiger partial charge in [-0.05, 0) is 30.9 Å². The van der Waals surface area contributed by atoms with Crippen LogP contribution >= 0.6 is 0 Å². The molecule has 4 N–H and O–H groups in total. The van der Waals surface area contributed by atoms with E-state index in [4.69, 9.17) is 10.5 Å². The molecular formula is C29H38N4O5. The minimum Gasteiger partial charge on any atom is -0.394 e. The lowest BCUT2D eigenvalue weighted by molar-refractivity contribution is -0.147. The van der Waals surface area contributed by atoms with Gasteiger partial charge in [-0.2, -0.15) is 0 Å². The van der Waals surface area contributed by atoms with Crippen molar-refractivity contribution in [1.82, 2.24) is 15.1 Å². The number of hydrogen-bond acceptors (Lipinski definition) is 6. The number of likely N-dealkylation sites (N-methyl/N-ethyl adjacent to an activating group) is 1. The van der Waals surface area contributed by atoms with Crippen molar-refractivity contribution in [2.75, 3.05) is 39.9 Å². The van der Waals surface area contributed by atoms with E-state index in [1.807, 2.05) is 67.7 Å². The van der Waals surface area contributed by atoms with Crippen LogP contribution in [-0.2, 0) is 25.7 Å². The Labute approximate surface area is 223 Å². The van der Waals surface area contributed by atoms with Crippen LogP contribution in [0.5, 0.6) is 0 Å². The SMILES string of the molecule is CN1C[C@@H](c2ccccc2)[C@@]2(CCCN(C(=O)[C@@H](COCc3ccccc3)NC(=O)[C@@](C)(N)CO)C2)C1=O. The second-order valence-corrected chi connectivity index (χ2v) is 10.8. The number of aliphatic hydroxyl groups excluding tert-OH is 1. The summed E-state index contributed by atoms with van der Waals surface area (Å²) in [5.74, 6) is -0.971. The summed E-state index contributed by atoms with van der Waals surface area (Å²) in [4.78, 5) is 43.7. The molecule has 2 fully saturated rings. The number of nitrogens with zero attached hydrogens (tertiary/aromatic N) is 2. The first-order valence-electron chi connectivity index (χ1n) is 13.1. The third-order valence-corrected chi connectivity index (χ3v) is 7.78. The number of carbonyl (C=O) groups is 3. The Balaban J connectivity index is 1.55. The van der Waals surface area contributed by atoms with Crippen LogP contribution in [0, 0.1) is 5.41 Å². The highest BCUT2D eigenvalue weighted by atomic mass is 16.5. The average molecular weight is 523 g/mol. The third kappa shape index (κ3) is 5.75. The largest absolute Gasteiger partial charge is 0.394 e. The summed E-state index contributed by atoms with van der Waals surface area (Å²) in [5.41, 5.74) is 5.68. The van der Waals surface area contributed by atoms with Gasteiger partial charge in [0.25, 0.3) is 0 Å². The molecule has 1 spiro atoms. The quantitative estimate of drug-likeness (QED) is 0.455. The smallest absolute Gasteiger partial charge is 0.247 e. The van der Waals surface area contributed by atoms with E-state index < -0.39 is 29.5 Å². The van der Waals surface area contributed by atoms with Gasteiger partial charge in [-0.15, -0.1) is 0 Å². The minimum atomic E-state index is -1.55. The second kappa shape index (κ2) is 11.6. The van der Waals surface area contributed by atoms with Crippen LogP contribution in [0.25, 0.3) is 0 Å². The molecule has 4 rings (SSSR count).